The van der Waals surface area contributed by atoms with Crippen molar-refractivity contribution in [2.24, 2.45) is 0 Å². The van der Waals surface area contributed by atoms with Gasteiger partial charge in [0.2, 0.25) is 5.91 Å². The van der Waals surface area contributed by atoms with Gasteiger partial charge in [-0.25, -0.2) is 0 Å². The van der Waals surface area contributed by atoms with Crippen LogP contribution in [0.5, 0.6) is 0 Å². The highest BCUT2D eigenvalue weighted by Crippen LogP contribution is 2.21. The van der Waals surface area contributed by atoms with Crippen LogP contribution in [0.15, 0.2) is 45.1 Å². The molecule has 0 atom stereocenters. The molecule has 0 aliphatic heterocycles. The van der Waals surface area contributed by atoms with Crippen LogP contribution in [0.2, 0.25) is 0 Å². The number of benzene rings is 1. The van der Waals surface area contributed by atoms with E-state index in [4.69, 9.17) is 0 Å². The van der Waals surface area contributed by atoms with E-state index >= 15 is 0 Å². The maximum absolute atomic E-state index is 11.7. The van der Waals surface area contributed by atoms with Gasteiger partial charge in [-0.05, 0) is 47.1 Å². The molecule has 0 aliphatic carbocycles. The minimum absolute atomic E-state index is 0.246. The molecule has 4 nitrogen and oxygen atoms in total. The monoisotopic (exact) mass is 384 g/mol. The number of hydrogen-bond acceptors (Lipinski definition) is 4. The summed E-state index contributed by atoms with van der Waals surface area (Å²) in [4.78, 5) is 25.0. The molecule has 0 spiro atoms. The van der Waals surface area contributed by atoms with E-state index in [1.165, 1.54) is 28.7 Å². The Bertz CT molecular complexity index is 641. The van der Waals surface area contributed by atoms with E-state index in [2.05, 4.69) is 26.8 Å². The molecule has 110 valence electrons. The number of hydrogen-bond donors (Lipinski definition) is 2. The van der Waals surface area contributed by atoms with E-state index in [9.17, 15) is 9.59 Å². The lowest BCUT2D eigenvalue weighted by molar-refractivity contribution is -0.119. The smallest absolute Gasteiger partial charge is 0.272 e. The lowest BCUT2D eigenvalue weighted by atomic mass is 10.2. The van der Waals surface area contributed by atoms with E-state index in [1.54, 1.807) is 12.1 Å². The Balaban J connectivity index is 1.74. The molecule has 1 aromatic carbocycles. The first kappa shape index (κ1) is 16.1. The summed E-state index contributed by atoms with van der Waals surface area (Å²) in [6.45, 7) is 2.01. The van der Waals surface area contributed by atoms with Crippen molar-refractivity contribution in [1.82, 2.24) is 10.9 Å². The maximum Gasteiger partial charge on any atom is 0.279 e. The van der Waals surface area contributed by atoms with Crippen LogP contribution in [0, 0.1) is 6.92 Å². The summed E-state index contributed by atoms with van der Waals surface area (Å²) in [6, 6.07) is 11.4. The van der Waals surface area contributed by atoms with Gasteiger partial charge in [-0.3, -0.25) is 20.4 Å². The lowest BCUT2D eigenvalue weighted by Gasteiger charge is -2.06. The first-order valence-electron chi connectivity index (χ1n) is 6.08. The second-order valence-electron chi connectivity index (χ2n) is 4.21. The molecular weight excluding hydrogens is 372 g/mol. The number of carbonyl (C=O) groups excluding carboxylic acids is 2. The van der Waals surface area contributed by atoms with E-state index < -0.39 is 0 Å². The van der Waals surface area contributed by atoms with Gasteiger partial charge in [0.05, 0.1) is 14.4 Å². The van der Waals surface area contributed by atoms with E-state index in [0.717, 1.165) is 8.68 Å². The molecule has 0 saturated carbocycles. The average Bonchev–Trinajstić information content (AvgIpc) is 2.91. The summed E-state index contributed by atoms with van der Waals surface area (Å²) in [5.74, 6) is -0.318. The Morgan fingerprint density at radius 3 is 2.48 bits per heavy atom. The zero-order valence-electron chi connectivity index (χ0n) is 11.2. The van der Waals surface area contributed by atoms with Crippen molar-refractivity contribution in [3.05, 3.63) is 50.6 Å². The Hall–Kier alpha value is -1.31. The Labute approximate surface area is 139 Å². The molecule has 0 radical (unpaired) electrons. The van der Waals surface area contributed by atoms with Crippen LogP contribution in [-0.2, 0) is 4.79 Å². The average molecular weight is 385 g/mol. The molecule has 2 amide bonds. The second-order valence-corrected chi connectivity index (χ2v) is 7.72. The summed E-state index contributed by atoms with van der Waals surface area (Å²) < 4.78 is 0.869. The number of rotatable bonds is 4. The van der Waals surface area contributed by atoms with Gasteiger partial charge in [0.15, 0.2) is 0 Å². The van der Waals surface area contributed by atoms with Crippen molar-refractivity contribution in [3.8, 4) is 0 Å². The minimum atomic E-state index is -0.320. The Morgan fingerprint density at radius 1 is 1.14 bits per heavy atom. The standard InChI is InChI=1S/C14H13BrN2O2S2/c1-9-2-4-10(5-3-9)20-8-13(18)16-17-14(19)11-6-7-12(15)21-11/h2-7H,8H2,1H3,(H,16,18)(H,17,19). The quantitative estimate of drug-likeness (QED) is 0.627. The predicted octanol–water partition coefficient (Wildman–Crippen LogP) is 3.37. The molecule has 2 N–H and O–H groups in total. The number of hydrazine groups is 1. The molecule has 1 heterocycles. The van der Waals surface area contributed by atoms with Crippen molar-refractivity contribution in [2.75, 3.05) is 5.75 Å². The number of amides is 2. The summed E-state index contributed by atoms with van der Waals surface area (Å²) in [5, 5.41) is 0. The summed E-state index contributed by atoms with van der Waals surface area (Å²) in [5.41, 5.74) is 5.98. The molecule has 0 saturated heterocycles. The maximum atomic E-state index is 11.7. The second kappa shape index (κ2) is 7.63. The lowest BCUT2D eigenvalue weighted by Crippen LogP contribution is -2.42. The summed E-state index contributed by atoms with van der Waals surface area (Å²) in [7, 11) is 0. The van der Waals surface area contributed by atoms with Crippen molar-refractivity contribution >= 4 is 50.8 Å². The molecular formula is C14H13BrN2O2S2. The van der Waals surface area contributed by atoms with Gasteiger partial charge in [0.1, 0.15) is 0 Å². The zero-order valence-corrected chi connectivity index (χ0v) is 14.4. The van der Waals surface area contributed by atoms with Crippen molar-refractivity contribution in [3.63, 3.8) is 0 Å². The van der Waals surface area contributed by atoms with Crippen LogP contribution in [0.1, 0.15) is 15.2 Å². The summed E-state index contributed by atoms with van der Waals surface area (Å²) >= 11 is 6.01. The highest BCUT2D eigenvalue weighted by molar-refractivity contribution is 9.11. The fourth-order valence-corrected chi connectivity index (χ4v) is 3.42. The largest absolute Gasteiger partial charge is 0.279 e. The van der Waals surface area contributed by atoms with Crippen molar-refractivity contribution in [1.29, 1.82) is 0 Å². The molecule has 0 aliphatic rings. The number of aryl methyl sites for hydroxylation is 1. The predicted molar refractivity (Wildman–Crippen MR) is 89.5 cm³/mol. The van der Waals surface area contributed by atoms with Gasteiger partial charge in [-0.15, -0.1) is 23.1 Å². The van der Waals surface area contributed by atoms with E-state index in [0.29, 0.717) is 4.88 Å². The molecule has 2 rings (SSSR count). The van der Waals surface area contributed by atoms with Gasteiger partial charge in [-0.1, -0.05) is 17.7 Å². The normalized spacial score (nSPS) is 10.2. The highest BCUT2D eigenvalue weighted by atomic mass is 79.9. The van der Waals surface area contributed by atoms with Crippen molar-refractivity contribution in [2.45, 2.75) is 11.8 Å². The molecule has 1 aromatic heterocycles. The van der Waals surface area contributed by atoms with Crippen LogP contribution in [0.4, 0.5) is 0 Å². The van der Waals surface area contributed by atoms with Crippen LogP contribution in [0.3, 0.4) is 0 Å². The van der Waals surface area contributed by atoms with E-state index in [-0.39, 0.29) is 17.6 Å². The Morgan fingerprint density at radius 2 is 1.86 bits per heavy atom. The topological polar surface area (TPSA) is 58.2 Å². The van der Waals surface area contributed by atoms with Crippen LogP contribution < -0.4 is 10.9 Å². The highest BCUT2D eigenvalue weighted by Gasteiger charge is 2.09. The first-order chi connectivity index (χ1) is 10.0. The number of carbonyl (C=O) groups is 2. The zero-order chi connectivity index (χ0) is 15.2. The third-order valence-electron chi connectivity index (χ3n) is 2.50. The minimum Gasteiger partial charge on any atom is -0.272 e. The van der Waals surface area contributed by atoms with Crippen LogP contribution >= 0.6 is 39.0 Å². The third-order valence-corrected chi connectivity index (χ3v) is 5.14. The van der Waals surface area contributed by atoms with E-state index in [1.807, 2.05) is 31.2 Å². The van der Waals surface area contributed by atoms with Crippen molar-refractivity contribution < 1.29 is 9.59 Å². The number of halogens is 1. The van der Waals surface area contributed by atoms with Gasteiger partial charge in [0.25, 0.3) is 5.91 Å². The molecule has 7 heteroatoms. The number of nitrogens with one attached hydrogen (secondary N) is 2. The van der Waals surface area contributed by atoms with Gasteiger partial charge in [-0.2, -0.15) is 0 Å². The van der Waals surface area contributed by atoms with Crippen LogP contribution in [0.25, 0.3) is 0 Å². The third kappa shape index (κ3) is 5.18. The number of thiophene rings is 1. The molecule has 21 heavy (non-hydrogen) atoms. The SMILES string of the molecule is Cc1ccc(SCC(=O)NNC(=O)c2ccc(Br)s2)cc1. The fraction of sp³-hybridized carbons (Fsp3) is 0.143. The molecule has 0 fully saturated rings. The van der Waals surface area contributed by atoms with Gasteiger partial charge < -0.3 is 0 Å². The molecule has 2 aromatic rings. The van der Waals surface area contributed by atoms with Gasteiger partial charge >= 0.3 is 0 Å². The fourth-order valence-electron chi connectivity index (χ4n) is 1.44. The first-order valence-corrected chi connectivity index (χ1v) is 8.68. The Kier molecular flexibility index (Phi) is 5.84. The van der Waals surface area contributed by atoms with Gasteiger partial charge in [0, 0.05) is 4.90 Å². The number of thioether (sulfide) groups is 1. The van der Waals surface area contributed by atoms with Crippen LogP contribution in [-0.4, -0.2) is 17.6 Å². The molecule has 0 bridgehead atoms. The molecule has 0 unspecified atom stereocenters. The summed E-state index contributed by atoms with van der Waals surface area (Å²) in [6.07, 6.45) is 0.